The summed E-state index contributed by atoms with van der Waals surface area (Å²) >= 11 is 7.18. The Bertz CT molecular complexity index is 868. The Balaban J connectivity index is 1.50. The maximum absolute atomic E-state index is 12.8. The van der Waals surface area contributed by atoms with Gasteiger partial charge in [0.05, 0.1) is 11.1 Å². The van der Waals surface area contributed by atoms with Crippen LogP contribution in [-0.2, 0) is 10.0 Å². The number of hydrogen-bond donors (Lipinski definition) is 1. The molecule has 1 atom stereocenters. The highest BCUT2D eigenvalue weighted by Gasteiger charge is 2.25. The molecule has 1 aliphatic heterocycles. The standard InChI is InChI=1S/C20H25ClN2O4S2/c21-16-5-7-18(8-6-16)27-14-17(24)15-28-20-10-9-19(13-22-20)29(25,26)23-11-3-1-2-4-12-23/h5-10,13,17,24H,1-4,11-12,14-15H2. The summed E-state index contributed by atoms with van der Waals surface area (Å²) in [7, 11) is -3.49. The van der Waals surface area contributed by atoms with E-state index in [9.17, 15) is 13.5 Å². The van der Waals surface area contributed by atoms with Crippen LogP contribution < -0.4 is 4.74 Å². The number of hydrogen-bond acceptors (Lipinski definition) is 6. The van der Waals surface area contributed by atoms with E-state index < -0.39 is 16.1 Å². The molecule has 1 aromatic heterocycles. The summed E-state index contributed by atoms with van der Waals surface area (Å²) in [5, 5.41) is 11.4. The van der Waals surface area contributed by atoms with Crippen molar-refractivity contribution in [2.45, 2.75) is 41.7 Å². The molecular formula is C20H25ClN2O4S2. The van der Waals surface area contributed by atoms with Crippen LogP contribution in [0, 0.1) is 0 Å². The normalized spacial score (nSPS) is 16.9. The molecule has 2 aromatic rings. The van der Waals surface area contributed by atoms with Gasteiger partial charge in [-0.15, -0.1) is 11.8 Å². The highest BCUT2D eigenvalue weighted by atomic mass is 35.5. The van der Waals surface area contributed by atoms with Gasteiger partial charge < -0.3 is 9.84 Å². The highest BCUT2D eigenvalue weighted by Crippen LogP contribution is 2.23. The van der Waals surface area contributed by atoms with Crippen molar-refractivity contribution in [1.82, 2.24) is 9.29 Å². The summed E-state index contributed by atoms with van der Waals surface area (Å²) in [6.45, 7) is 1.29. The third kappa shape index (κ3) is 6.58. The predicted molar refractivity (Wildman–Crippen MR) is 115 cm³/mol. The SMILES string of the molecule is O=S(=O)(c1ccc(SCC(O)COc2ccc(Cl)cc2)nc1)N1CCCCCC1. The molecule has 158 valence electrons. The molecule has 1 aliphatic rings. The molecule has 0 amide bonds. The number of aliphatic hydroxyl groups excluding tert-OH is 1. The third-order valence-corrected chi connectivity index (χ3v) is 7.81. The van der Waals surface area contributed by atoms with Crippen LogP contribution >= 0.6 is 23.4 Å². The maximum atomic E-state index is 12.8. The first-order valence-electron chi connectivity index (χ1n) is 9.60. The van der Waals surface area contributed by atoms with Crippen molar-refractivity contribution in [3.8, 4) is 5.75 Å². The molecule has 1 N–H and O–H groups in total. The van der Waals surface area contributed by atoms with Crippen LogP contribution in [0.5, 0.6) is 5.75 Å². The average molecular weight is 457 g/mol. The molecular weight excluding hydrogens is 432 g/mol. The second-order valence-electron chi connectivity index (χ2n) is 6.88. The van der Waals surface area contributed by atoms with Gasteiger partial charge in [0.15, 0.2) is 0 Å². The number of pyridine rings is 1. The molecule has 3 rings (SSSR count). The Hall–Kier alpha value is -1.32. The Morgan fingerprint density at radius 3 is 2.41 bits per heavy atom. The fourth-order valence-corrected chi connectivity index (χ4v) is 5.33. The summed E-state index contributed by atoms with van der Waals surface area (Å²) in [4.78, 5) is 4.47. The molecule has 0 aliphatic carbocycles. The second kappa shape index (κ2) is 10.6. The van der Waals surface area contributed by atoms with Crippen molar-refractivity contribution in [2.75, 3.05) is 25.4 Å². The zero-order chi connectivity index (χ0) is 20.7. The molecule has 29 heavy (non-hydrogen) atoms. The number of benzene rings is 1. The lowest BCUT2D eigenvalue weighted by Gasteiger charge is -2.19. The number of aliphatic hydroxyl groups is 1. The van der Waals surface area contributed by atoms with E-state index in [0.29, 0.717) is 34.6 Å². The minimum atomic E-state index is -3.49. The first-order valence-corrected chi connectivity index (χ1v) is 12.4. The summed E-state index contributed by atoms with van der Waals surface area (Å²) in [5.41, 5.74) is 0. The van der Waals surface area contributed by atoms with E-state index in [2.05, 4.69) is 4.98 Å². The van der Waals surface area contributed by atoms with E-state index >= 15 is 0 Å². The van der Waals surface area contributed by atoms with Crippen LogP contribution in [0.25, 0.3) is 0 Å². The van der Waals surface area contributed by atoms with Gasteiger partial charge in [-0.2, -0.15) is 4.31 Å². The number of thioether (sulfide) groups is 1. The van der Waals surface area contributed by atoms with Gasteiger partial charge >= 0.3 is 0 Å². The van der Waals surface area contributed by atoms with E-state index in [-0.39, 0.29) is 11.5 Å². The van der Waals surface area contributed by atoms with Crippen LogP contribution in [0.1, 0.15) is 25.7 Å². The number of rotatable bonds is 8. The van der Waals surface area contributed by atoms with Crippen LogP contribution in [0.3, 0.4) is 0 Å². The molecule has 1 fully saturated rings. The Kier molecular flexibility index (Phi) is 8.20. The number of nitrogens with zero attached hydrogens (tertiary/aromatic N) is 2. The topological polar surface area (TPSA) is 79.7 Å². The highest BCUT2D eigenvalue weighted by molar-refractivity contribution is 7.99. The van der Waals surface area contributed by atoms with Crippen molar-refractivity contribution in [3.63, 3.8) is 0 Å². The van der Waals surface area contributed by atoms with Crippen LogP contribution in [0.4, 0.5) is 0 Å². The van der Waals surface area contributed by atoms with Gasteiger partial charge in [-0.05, 0) is 49.2 Å². The average Bonchev–Trinajstić information content (AvgIpc) is 3.02. The quantitative estimate of drug-likeness (QED) is 0.608. The first kappa shape index (κ1) is 22.4. The molecule has 1 saturated heterocycles. The van der Waals surface area contributed by atoms with Crippen molar-refractivity contribution < 1.29 is 18.3 Å². The van der Waals surface area contributed by atoms with E-state index in [1.54, 1.807) is 40.7 Å². The van der Waals surface area contributed by atoms with Gasteiger partial charge in [0, 0.05) is 30.1 Å². The summed E-state index contributed by atoms with van der Waals surface area (Å²) < 4.78 is 32.6. The van der Waals surface area contributed by atoms with Crippen molar-refractivity contribution in [1.29, 1.82) is 0 Å². The van der Waals surface area contributed by atoms with Gasteiger partial charge in [0.2, 0.25) is 10.0 Å². The van der Waals surface area contributed by atoms with Crippen LogP contribution in [0.15, 0.2) is 52.5 Å². The van der Waals surface area contributed by atoms with Crippen molar-refractivity contribution in [2.24, 2.45) is 0 Å². The minimum absolute atomic E-state index is 0.149. The van der Waals surface area contributed by atoms with Gasteiger partial charge in [0.25, 0.3) is 0 Å². The van der Waals surface area contributed by atoms with Gasteiger partial charge in [0.1, 0.15) is 17.3 Å². The number of sulfonamides is 1. The van der Waals surface area contributed by atoms with E-state index in [0.717, 1.165) is 25.7 Å². The molecule has 0 bridgehead atoms. The molecule has 9 heteroatoms. The molecule has 1 unspecified atom stereocenters. The van der Waals surface area contributed by atoms with E-state index in [1.165, 1.54) is 18.0 Å². The lowest BCUT2D eigenvalue weighted by atomic mass is 10.2. The zero-order valence-corrected chi connectivity index (χ0v) is 18.4. The van der Waals surface area contributed by atoms with Gasteiger partial charge in [-0.25, -0.2) is 13.4 Å². The molecule has 2 heterocycles. The first-order chi connectivity index (χ1) is 13.9. The fourth-order valence-electron chi connectivity index (χ4n) is 2.99. The van der Waals surface area contributed by atoms with E-state index in [1.807, 2.05) is 0 Å². The molecule has 0 radical (unpaired) electrons. The Morgan fingerprint density at radius 2 is 1.79 bits per heavy atom. The molecule has 0 saturated carbocycles. The summed E-state index contributed by atoms with van der Waals surface area (Å²) in [5.74, 6) is 1.03. The van der Waals surface area contributed by atoms with E-state index in [4.69, 9.17) is 16.3 Å². The fraction of sp³-hybridized carbons (Fsp3) is 0.450. The van der Waals surface area contributed by atoms with Gasteiger partial charge in [-0.3, -0.25) is 0 Å². The Morgan fingerprint density at radius 1 is 1.10 bits per heavy atom. The lowest BCUT2D eigenvalue weighted by molar-refractivity contribution is 0.126. The van der Waals surface area contributed by atoms with Gasteiger partial charge in [-0.1, -0.05) is 24.4 Å². The molecule has 0 spiro atoms. The minimum Gasteiger partial charge on any atom is -0.491 e. The maximum Gasteiger partial charge on any atom is 0.244 e. The summed E-state index contributed by atoms with van der Waals surface area (Å²) in [6, 6.07) is 10.2. The molecule has 1 aromatic carbocycles. The lowest BCUT2D eigenvalue weighted by Crippen LogP contribution is -2.32. The van der Waals surface area contributed by atoms with Crippen LogP contribution in [0.2, 0.25) is 5.02 Å². The largest absolute Gasteiger partial charge is 0.491 e. The summed E-state index contributed by atoms with van der Waals surface area (Å²) in [6.07, 6.45) is 4.66. The molecule has 6 nitrogen and oxygen atoms in total. The number of ether oxygens (including phenoxy) is 1. The van der Waals surface area contributed by atoms with Crippen LogP contribution in [-0.4, -0.2) is 54.4 Å². The Labute approximate surface area is 181 Å². The smallest absolute Gasteiger partial charge is 0.244 e. The third-order valence-electron chi connectivity index (χ3n) is 4.59. The zero-order valence-electron chi connectivity index (χ0n) is 16.0. The van der Waals surface area contributed by atoms with Crippen molar-refractivity contribution >= 4 is 33.4 Å². The monoisotopic (exact) mass is 456 g/mol. The predicted octanol–water partition coefficient (Wildman–Crippen LogP) is 3.83. The van der Waals surface area contributed by atoms with Crippen molar-refractivity contribution in [3.05, 3.63) is 47.6 Å². The number of aromatic nitrogens is 1. The number of halogens is 1. The second-order valence-corrected chi connectivity index (χ2v) is 10.3.